The third-order valence-electron chi connectivity index (χ3n) is 3.74. The van der Waals surface area contributed by atoms with Crippen molar-refractivity contribution in [3.63, 3.8) is 0 Å². The predicted molar refractivity (Wildman–Crippen MR) is 82.9 cm³/mol. The predicted octanol–water partition coefficient (Wildman–Crippen LogP) is 3.46. The van der Waals surface area contributed by atoms with Crippen molar-refractivity contribution in [2.75, 3.05) is 6.54 Å². The molecule has 0 aromatic rings. The number of rotatable bonds is 7. The molecule has 0 saturated heterocycles. The minimum atomic E-state index is -0.431. The van der Waals surface area contributed by atoms with Crippen LogP contribution in [0.4, 0.5) is 4.79 Å². The molecule has 2 atom stereocenters. The molecular weight excluding hydrogens is 252 g/mol. The number of ether oxygens (including phenoxy) is 1. The molecule has 1 aliphatic carbocycles. The summed E-state index contributed by atoms with van der Waals surface area (Å²) in [5.41, 5.74) is -0.431. The van der Waals surface area contributed by atoms with Gasteiger partial charge < -0.3 is 15.4 Å². The molecular formula is C16H32N2O2. The van der Waals surface area contributed by atoms with Crippen LogP contribution in [-0.2, 0) is 4.74 Å². The lowest BCUT2D eigenvalue weighted by atomic mass is 9.81. The van der Waals surface area contributed by atoms with Gasteiger partial charge in [-0.05, 0) is 59.9 Å². The van der Waals surface area contributed by atoms with E-state index in [-0.39, 0.29) is 12.1 Å². The van der Waals surface area contributed by atoms with Gasteiger partial charge >= 0.3 is 6.09 Å². The largest absolute Gasteiger partial charge is 0.444 e. The molecule has 20 heavy (non-hydrogen) atoms. The second-order valence-electron chi connectivity index (χ2n) is 7.22. The first-order valence-electron chi connectivity index (χ1n) is 7.99. The quantitative estimate of drug-likeness (QED) is 0.753. The Morgan fingerprint density at radius 1 is 1.25 bits per heavy atom. The van der Waals surface area contributed by atoms with E-state index in [0.717, 1.165) is 18.9 Å². The second kappa shape index (κ2) is 7.87. The fourth-order valence-corrected chi connectivity index (χ4v) is 2.44. The van der Waals surface area contributed by atoms with Gasteiger partial charge in [-0.15, -0.1) is 0 Å². The van der Waals surface area contributed by atoms with E-state index in [1.54, 1.807) is 0 Å². The fraction of sp³-hybridized carbons (Fsp3) is 0.938. The maximum atomic E-state index is 11.6. The van der Waals surface area contributed by atoms with Crippen LogP contribution in [0.25, 0.3) is 0 Å². The molecule has 0 aliphatic heterocycles. The topological polar surface area (TPSA) is 50.4 Å². The average Bonchev–Trinajstić information content (AvgIpc) is 2.20. The molecule has 1 fully saturated rings. The molecule has 2 N–H and O–H groups in total. The number of carbonyl (C=O) groups is 1. The second-order valence-corrected chi connectivity index (χ2v) is 7.22. The van der Waals surface area contributed by atoms with Crippen LogP contribution in [0.3, 0.4) is 0 Å². The first kappa shape index (κ1) is 17.3. The Morgan fingerprint density at radius 3 is 2.40 bits per heavy atom. The summed E-state index contributed by atoms with van der Waals surface area (Å²) in [7, 11) is 0. The van der Waals surface area contributed by atoms with Crippen LogP contribution < -0.4 is 10.6 Å². The van der Waals surface area contributed by atoms with E-state index in [1.807, 2.05) is 27.7 Å². The Morgan fingerprint density at radius 2 is 1.90 bits per heavy atom. The van der Waals surface area contributed by atoms with Crippen molar-refractivity contribution in [3.8, 4) is 0 Å². The van der Waals surface area contributed by atoms with Gasteiger partial charge in [-0.3, -0.25) is 0 Å². The first-order chi connectivity index (χ1) is 9.26. The summed E-state index contributed by atoms with van der Waals surface area (Å²) in [6.45, 7) is 10.8. The van der Waals surface area contributed by atoms with Crippen LogP contribution in [0.5, 0.6) is 0 Å². The van der Waals surface area contributed by atoms with Gasteiger partial charge in [0.2, 0.25) is 0 Å². The number of amides is 1. The molecule has 1 rings (SSSR count). The lowest BCUT2D eigenvalue weighted by Crippen LogP contribution is -2.40. The SMILES string of the molecule is CC(CC1CCC1)NCCC(C)NC(=O)OC(C)(C)C. The number of hydrogen-bond acceptors (Lipinski definition) is 3. The van der Waals surface area contributed by atoms with Crippen LogP contribution >= 0.6 is 0 Å². The zero-order valence-electron chi connectivity index (χ0n) is 13.8. The molecule has 0 spiro atoms. The van der Waals surface area contributed by atoms with Crippen LogP contribution in [0, 0.1) is 5.92 Å². The third kappa shape index (κ3) is 7.73. The van der Waals surface area contributed by atoms with Gasteiger partial charge in [-0.25, -0.2) is 4.79 Å². The van der Waals surface area contributed by atoms with Crippen molar-refractivity contribution in [3.05, 3.63) is 0 Å². The summed E-state index contributed by atoms with van der Waals surface area (Å²) in [5, 5.41) is 6.41. The van der Waals surface area contributed by atoms with Crippen LogP contribution in [0.2, 0.25) is 0 Å². The molecule has 2 unspecified atom stereocenters. The normalized spacial score (nSPS) is 19.1. The Bertz CT molecular complexity index is 295. The molecule has 1 aliphatic rings. The molecule has 4 nitrogen and oxygen atoms in total. The third-order valence-corrected chi connectivity index (χ3v) is 3.74. The molecule has 0 bridgehead atoms. The highest BCUT2D eigenvalue weighted by Gasteiger charge is 2.20. The van der Waals surface area contributed by atoms with E-state index in [2.05, 4.69) is 17.6 Å². The molecule has 4 heteroatoms. The standard InChI is InChI=1S/C16H32N2O2/c1-12(18-15(19)20-16(3,4)5)9-10-17-13(2)11-14-7-6-8-14/h12-14,17H,6-11H2,1-5H3,(H,18,19). The number of carbonyl (C=O) groups excluding carboxylic acids is 1. The summed E-state index contributed by atoms with van der Waals surface area (Å²) in [6.07, 6.45) is 6.11. The maximum absolute atomic E-state index is 11.6. The Hall–Kier alpha value is -0.770. The van der Waals surface area contributed by atoms with Gasteiger partial charge in [0.15, 0.2) is 0 Å². The summed E-state index contributed by atoms with van der Waals surface area (Å²) in [5.74, 6) is 0.940. The molecule has 118 valence electrons. The lowest BCUT2D eigenvalue weighted by Gasteiger charge is -2.28. The van der Waals surface area contributed by atoms with Crippen molar-refractivity contribution in [1.82, 2.24) is 10.6 Å². The summed E-state index contributed by atoms with van der Waals surface area (Å²) >= 11 is 0. The highest BCUT2D eigenvalue weighted by molar-refractivity contribution is 5.67. The van der Waals surface area contributed by atoms with Crippen LogP contribution in [0.1, 0.15) is 66.7 Å². The number of alkyl carbamates (subject to hydrolysis) is 1. The van der Waals surface area contributed by atoms with Crippen molar-refractivity contribution >= 4 is 6.09 Å². The maximum Gasteiger partial charge on any atom is 0.407 e. The van der Waals surface area contributed by atoms with Crippen molar-refractivity contribution in [2.45, 2.75) is 84.4 Å². The van der Waals surface area contributed by atoms with E-state index < -0.39 is 5.60 Å². The van der Waals surface area contributed by atoms with Gasteiger partial charge in [0.05, 0.1) is 0 Å². The first-order valence-corrected chi connectivity index (χ1v) is 7.99. The minimum absolute atomic E-state index is 0.133. The van der Waals surface area contributed by atoms with E-state index in [9.17, 15) is 4.79 Å². The zero-order valence-corrected chi connectivity index (χ0v) is 13.8. The summed E-state index contributed by atoms with van der Waals surface area (Å²) in [6, 6.07) is 0.710. The smallest absolute Gasteiger partial charge is 0.407 e. The highest BCUT2D eigenvalue weighted by Crippen LogP contribution is 2.30. The Labute approximate surface area is 124 Å². The monoisotopic (exact) mass is 284 g/mol. The number of hydrogen-bond donors (Lipinski definition) is 2. The molecule has 1 saturated carbocycles. The molecule has 0 aromatic heterocycles. The zero-order chi connectivity index (χ0) is 15.2. The average molecular weight is 284 g/mol. The molecule has 1 amide bonds. The Balaban J connectivity index is 2.06. The minimum Gasteiger partial charge on any atom is -0.444 e. The van der Waals surface area contributed by atoms with Gasteiger partial charge in [0.25, 0.3) is 0 Å². The highest BCUT2D eigenvalue weighted by atomic mass is 16.6. The fourth-order valence-electron chi connectivity index (χ4n) is 2.44. The van der Waals surface area contributed by atoms with Gasteiger partial charge in [0, 0.05) is 12.1 Å². The molecule has 0 heterocycles. The summed E-state index contributed by atoms with van der Waals surface area (Å²) in [4.78, 5) is 11.6. The van der Waals surface area contributed by atoms with Crippen LogP contribution in [-0.4, -0.2) is 30.3 Å². The van der Waals surface area contributed by atoms with E-state index >= 15 is 0 Å². The van der Waals surface area contributed by atoms with E-state index in [1.165, 1.54) is 25.7 Å². The molecule has 0 aromatic carbocycles. The van der Waals surface area contributed by atoms with Crippen LogP contribution in [0.15, 0.2) is 0 Å². The van der Waals surface area contributed by atoms with Crippen molar-refractivity contribution in [2.24, 2.45) is 5.92 Å². The van der Waals surface area contributed by atoms with Crippen molar-refractivity contribution < 1.29 is 9.53 Å². The Kier molecular flexibility index (Phi) is 6.80. The summed E-state index contributed by atoms with van der Waals surface area (Å²) < 4.78 is 5.24. The van der Waals surface area contributed by atoms with E-state index in [4.69, 9.17) is 4.74 Å². The van der Waals surface area contributed by atoms with Gasteiger partial charge in [-0.1, -0.05) is 19.3 Å². The van der Waals surface area contributed by atoms with E-state index in [0.29, 0.717) is 6.04 Å². The molecule has 0 radical (unpaired) electrons. The van der Waals surface area contributed by atoms with Gasteiger partial charge in [0.1, 0.15) is 5.60 Å². The van der Waals surface area contributed by atoms with Gasteiger partial charge in [-0.2, -0.15) is 0 Å². The lowest BCUT2D eigenvalue weighted by molar-refractivity contribution is 0.0506. The van der Waals surface area contributed by atoms with Crippen molar-refractivity contribution in [1.29, 1.82) is 0 Å². The number of nitrogens with one attached hydrogen (secondary N) is 2.